The molecular weight excluding hydrogens is 154 g/mol. The van der Waals surface area contributed by atoms with Crippen molar-refractivity contribution in [2.45, 2.75) is 27.7 Å². The molecule has 0 radical (unpaired) electrons. The number of hydrogen-bond donors (Lipinski definition) is 2. The van der Waals surface area contributed by atoms with Gasteiger partial charge in [0.15, 0.2) is 0 Å². The quantitative estimate of drug-likeness (QED) is 0.621. The zero-order valence-corrected chi connectivity index (χ0v) is 7.93. The molecule has 0 bridgehead atoms. The fraction of sp³-hybridized carbons (Fsp3) is 0.444. The predicted octanol–water partition coefficient (Wildman–Crippen LogP) is 1.72. The molecule has 0 unspecified atom stereocenters. The first kappa shape index (κ1) is 10.8. The average molecular weight is 169 g/mol. The second-order valence-corrected chi connectivity index (χ2v) is 2.27. The molecule has 3 heteroatoms. The third kappa shape index (κ3) is 2.42. The Morgan fingerprint density at radius 3 is 2.25 bits per heavy atom. The lowest BCUT2D eigenvalue weighted by atomic mass is 10.2. The Morgan fingerprint density at radius 2 is 1.83 bits per heavy atom. The first-order valence-electron chi connectivity index (χ1n) is 4.01. The van der Waals surface area contributed by atoms with Crippen LogP contribution < -0.4 is 5.56 Å². The molecule has 1 aromatic rings. The third-order valence-electron chi connectivity index (χ3n) is 1.53. The van der Waals surface area contributed by atoms with Crippen LogP contribution in [0, 0.1) is 13.8 Å². The van der Waals surface area contributed by atoms with E-state index in [1.54, 1.807) is 13.8 Å². The summed E-state index contributed by atoms with van der Waals surface area (Å²) in [5.74, 6) is 0.0567. The Labute approximate surface area is 72.1 Å². The van der Waals surface area contributed by atoms with Gasteiger partial charge in [0.25, 0.3) is 5.56 Å². The van der Waals surface area contributed by atoms with Crippen LogP contribution in [-0.2, 0) is 0 Å². The molecule has 0 aliphatic rings. The number of hydrogen-bond acceptors (Lipinski definition) is 2. The van der Waals surface area contributed by atoms with Gasteiger partial charge in [0.2, 0.25) is 0 Å². The Kier molecular flexibility index (Phi) is 4.11. The molecular formula is C9H15NO2. The monoisotopic (exact) mass is 169 g/mol. The maximum absolute atomic E-state index is 10.6. The van der Waals surface area contributed by atoms with E-state index < -0.39 is 0 Å². The highest BCUT2D eigenvalue weighted by Crippen LogP contribution is 2.13. The largest absolute Gasteiger partial charge is 0.507 e. The van der Waals surface area contributed by atoms with Crippen molar-refractivity contribution in [2.75, 3.05) is 0 Å². The number of H-pyrrole nitrogens is 1. The van der Waals surface area contributed by atoms with Gasteiger partial charge < -0.3 is 10.1 Å². The minimum absolute atomic E-state index is 0.0567. The van der Waals surface area contributed by atoms with Crippen LogP contribution >= 0.6 is 0 Å². The lowest BCUT2D eigenvalue weighted by Gasteiger charge is -1.99. The Morgan fingerprint density at radius 1 is 1.33 bits per heavy atom. The molecule has 0 aromatic carbocycles. The molecule has 0 saturated heterocycles. The molecule has 0 aliphatic heterocycles. The SMILES string of the molecule is CC.Cc1[nH]c(=O)cc(O)c1C. The second-order valence-electron chi connectivity index (χ2n) is 2.27. The van der Waals surface area contributed by atoms with Gasteiger partial charge in [-0.3, -0.25) is 4.79 Å². The number of pyridine rings is 1. The first-order chi connectivity index (χ1) is 5.61. The molecule has 1 aromatic heterocycles. The van der Waals surface area contributed by atoms with Crippen molar-refractivity contribution < 1.29 is 5.11 Å². The summed E-state index contributed by atoms with van der Waals surface area (Å²) in [5, 5.41) is 9.06. The summed E-state index contributed by atoms with van der Waals surface area (Å²) in [6, 6.07) is 1.17. The molecule has 1 heterocycles. The summed E-state index contributed by atoms with van der Waals surface area (Å²) in [4.78, 5) is 13.2. The van der Waals surface area contributed by atoms with Gasteiger partial charge in [0.05, 0.1) is 0 Å². The van der Waals surface area contributed by atoms with Crippen LogP contribution in [0.25, 0.3) is 0 Å². The number of rotatable bonds is 0. The van der Waals surface area contributed by atoms with Crippen LogP contribution in [0.3, 0.4) is 0 Å². The van der Waals surface area contributed by atoms with E-state index in [4.69, 9.17) is 5.11 Å². The van der Waals surface area contributed by atoms with E-state index in [0.29, 0.717) is 5.69 Å². The number of nitrogens with one attached hydrogen (secondary N) is 1. The molecule has 0 spiro atoms. The molecule has 2 N–H and O–H groups in total. The number of aromatic nitrogens is 1. The van der Waals surface area contributed by atoms with Crippen molar-refractivity contribution in [1.82, 2.24) is 4.98 Å². The van der Waals surface area contributed by atoms with Crippen LogP contribution in [0.2, 0.25) is 0 Å². The smallest absolute Gasteiger partial charge is 0.251 e. The molecule has 0 fully saturated rings. The van der Waals surface area contributed by atoms with Gasteiger partial charge in [-0.05, 0) is 13.8 Å². The van der Waals surface area contributed by atoms with Gasteiger partial charge in [-0.15, -0.1) is 0 Å². The molecule has 0 saturated carbocycles. The maximum Gasteiger partial charge on any atom is 0.251 e. The average Bonchev–Trinajstić information content (AvgIpc) is 2.04. The van der Waals surface area contributed by atoms with E-state index in [-0.39, 0.29) is 11.3 Å². The van der Waals surface area contributed by atoms with Crippen LogP contribution in [0.1, 0.15) is 25.1 Å². The highest BCUT2D eigenvalue weighted by atomic mass is 16.3. The number of aromatic hydroxyl groups is 1. The van der Waals surface area contributed by atoms with Crippen LogP contribution in [0.4, 0.5) is 0 Å². The van der Waals surface area contributed by atoms with Crippen molar-refractivity contribution in [3.05, 3.63) is 27.7 Å². The van der Waals surface area contributed by atoms with Crippen LogP contribution in [-0.4, -0.2) is 10.1 Å². The summed E-state index contributed by atoms with van der Waals surface area (Å²) in [5.41, 5.74) is 1.17. The van der Waals surface area contributed by atoms with Crippen molar-refractivity contribution >= 4 is 0 Å². The lowest BCUT2D eigenvalue weighted by molar-refractivity contribution is 0.468. The van der Waals surface area contributed by atoms with E-state index in [1.165, 1.54) is 6.07 Å². The molecule has 68 valence electrons. The molecule has 12 heavy (non-hydrogen) atoms. The maximum atomic E-state index is 10.6. The molecule has 3 nitrogen and oxygen atoms in total. The normalized spacial score (nSPS) is 8.67. The van der Waals surface area contributed by atoms with Gasteiger partial charge in [0.1, 0.15) is 5.75 Å². The van der Waals surface area contributed by atoms with E-state index in [1.807, 2.05) is 13.8 Å². The topological polar surface area (TPSA) is 53.1 Å². The standard InChI is InChI=1S/C7H9NO2.C2H6/c1-4-5(2)8-7(10)3-6(4)9;1-2/h3H,1-2H3,(H2,8,9,10);1-2H3. The van der Waals surface area contributed by atoms with Crippen molar-refractivity contribution in [3.8, 4) is 5.75 Å². The molecule has 0 atom stereocenters. The summed E-state index contributed by atoms with van der Waals surface area (Å²) >= 11 is 0. The van der Waals surface area contributed by atoms with Crippen LogP contribution in [0.15, 0.2) is 10.9 Å². The zero-order valence-electron chi connectivity index (χ0n) is 7.93. The number of aromatic amines is 1. The van der Waals surface area contributed by atoms with E-state index in [2.05, 4.69) is 4.98 Å². The Hall–Kier alpha value is -1.25. The summed E-state index contributed by atoms with van der Waals surface area (Å²) < 4.78 is 0. The Balaban J connectivity index is 0.000000561. The van der Waals surface area contributed by atoms with E-state index in [9.17, 15) is 4.79 Å². The zero-order chi connectivity index (χ0) is 9.72. The summed E-state index contributed by atoms with van der Waals surface area (Å²) in [6.07, 6.45) is 0. The minimum atomic E-state index is -0.263. The second kappa shape index (κ2) is 4.59. The lowest BCUT2D eigenvalue weighted by Crippen LogP contribution is -2.06. The summed E-state index contributed by atoms with van der Waals surface area (Å²) in [7, 11) is 0. The molecule has 0 aliphatic carbocycles. The predicted molar refractivity (Wildman–Crippen MR) is 49.5 cm³/mol. The molecule has 0 amide bonds. The van der Waals surface area contributed by atoms with Gasteiger partial charge in [0, 0.05) is 17.3 Å². The fourth-order valence-electron chi connectivity index (χ4n) is 0.739. The highest BCUT2D eigenvalue weighted by Gasteiger charge is 1.98. The summed E-state index contributed by atoms with van der Waals surface area (Å²) in [6.45, 7) is 7.50. The first-order valence-corrected chi connectivity index (χ1v) is 4.01. The minimum Gasteiger partial charge on any atom is -0.507 e. The van der Waals surface area contributed by atoms with Crippen molar-refractivity contribution in [3.63, 3.8) is 0 Å². The third-order valence-corrected chi connectivity index (χ3v) is 1.53. The fourth-order valence-corrected chi connectivity index (χ4v) is 0.739. The van der Waals surface area contributed by atoms with Crippen molar-refractivity contribution in [1.29, 1.82) is 0 Å². The van der Waals surface area contributed by atoms with Crippen LogP contribution in [0.5, 0.6) is 5.75 Å². The van der Waals surface area contributed by atoms with Gasteiger partial charge in [-0.25, -0.2) is 0 Å². The van der Waals surface area contributed by atoms with E-state index in [0.717, 1.165) is 5.56 Å². The molecule has 1 rings (SSSR count). The van der Waals surface area contributed by atoms with Gasteiger partial charge >= 0.3 is 0 Å². The van der Waals surface area contributed by atoms with E-state index >= 15 is 0 Å². The van der Waals surface area contributed by atoms with Gasteiger partial charge in [-0.1, -0.05) is 13.8 Å². The highest BCUT2D eigenvalue weighted by molar-refractivity contribution is 5.31. The Bertz CT molecular complexity index is 276. The van der Waals surface area contributed by atoms with Crippen molar-refractivity contribution in [2.24, 2.45) is 0 Å². The van der Waals surface area contributed by atoms with Gasteiger partial charge in [-0.2, -0.15) is 0 Å². The number of aryl methyl sites for hydroxylation is 1.